The predicted octanol–water partition coefficient (Wildman–Crippen LogP) is 3.34. The van der Waals surface area contributed by atoms with Crippen LogP contribution in [-0.4, -0.2) is 31.3 Å². The van der Waals surface area contributed by atoms with Crippen LogP contribution in [0.3, 0.4) is 0 Å². The third kappa shape index (κ3) is 3.97. The van der Waals surface area contributed by atoms with Gasteiger partial charge in [-0.3, -0.25) is 0 Å². The first kappa shape index (κ1) is 17.0. The van der Waals surface area contributed by atoms with Crippen molar-refractivity contribution in [3.05, 3.63) is 29.8 Å². The fraction of sp³-hybridized carbons (Fsp3) is 0.647. The van der Waals surface area contributed by atoms with Crippen molar-refractivity contribution in [2.75, 3.05) is 25.1 Å². The summed E-state index contributed by atoms with van der Waals surface area (Å²) < 4.78 is 0. The van der Waals surface area contributed by atoms with E-state index in [-0.39, 0.29) is 6.61 Å². The van der Waals surface area contributed by atoms with Gasteiger partial charge in [0, 0.05) is 24.3 Å². The quantitative estimate of drug-likeness (QED) is 0.727. The van der Waals surface area contributed by atoms with Crippen LogP contribution in [0, 0.1) is 0 Å². The molecule has 0 aliphatic heterocycles. The summed E-state index contributed by atoms with van der Waals surface area (Å²) in [6.07, 6.45) is 3.26. The van der Waals surface area contributed by atoms with Crippen molar-refractivity contribution in [3.63, 3.8) is 0 Å². The molecule has 0 aliphatic carbocycles. The molecule has 114 valence electrons. The van der Waals surface area contributed by atoms with E-state index in [9.17, 15) is 5.11 Å². The van der Waals surface area contributed by atoms with Crippen molar-refractivity contribution in [2.45, 2.75) is 52.1 Å². The molecule has 1 aromatic carbocycles. The Balaban J connectivity index is 3.18. The van der Waals surface area contributed by atoms with E-state index >= 15 is 0 Å². The maximum atomic E-state index is 9.42. The van der Waals surface area contributed by atoms with Gasteiger partial charge in [-0.15, -0.1) is 0 Å². The van der Waals surface area contributed by atoms with E-state index < -0.39 is 0 Å². The molecule has 2 N–H and O–H groups in total. The zero-order chi connectivity index (χ0) is 15.0. The SMILES string of the molecule is CCC(NC)c1ccccc1N(CCO)C(CC)CC. The summed E-state index contributed by atoms with van der Waals surface area (Å²) in [5.41, 5.74) is 2.59. The number of rotatable bonds is 9. The molecule has 20 heavy (non-hydrogen) atoms. The number of nitrogens with one attached hydrogen (secondary N) is 1. The third-order valence-electron chi connectivity index (χ3n) is 4.10. The van der Waals surface area contributed by atoms with Crippen molar-refractivity contribution in [1.82, 2.24) is 5.32 Å². The number of hydrogen-bond acceptors (Lipinski definition) is 3. The zero-order valence-electron chi connectivity index (χ0n) is 13.4. The Morgan fingerprint density at radius 1 is 1.10 bits per heavy atom. The number of nitrogens with zero attached hydrogens (tertiary/aromatic N) is 1. The maximum absolute atomic E-state index is 9.42. The predicted molar refractivity (Wildman–Crippen MR) is 87.3 cm³/mol. The molecule has 1 unspecified atom stereocenters. The lowest BCUT2D eigenvalue weighted by atomic mass is 9.99. The smallest absolute Gasteiger partial charge is 0.0606 e. The molecule has 0 aliphatic rings. The minimum atomic E-state index is 0.196. The molecule has 3 heteroatoms. The van der Waals surface area contributed by atoms with E-state index in [1.165, 1.54) is 11.3 Å². The number of hydrogen-bond donors (Lipinski definition) is 2. The van der Waals surface area contributed by atoms with E-state index in [0.717, 1.165) is 19.3 Å². The van der Waals surface area contributed by atoms with Crippen LogP contribution in [0.2, 0.25) is 0 Å². The van der Waals surface area contributed by atoms with Crippen LogP contribution < -0.4 is 10.2 Å². The molecule has 0 bridgehead atoms. The molecule has 0 spiro atoms. The van der Waals surface area contributed by atoms with Gasteiger partial charge < -0.3 is 15.3 Å². The van der Waals surface area contributed by atoms with Crippen molar-refractivity contribution in [1.29, 1.82) is 0 Å². The highest BCUT2D eigenvalue weighted by atomic mass is 16.3. The van der Waals surface area contributed by atoms with Crippen LogP contribution in [0.1, 0.15) is 51.6 Å². The Labute approximate surface area is 124 Å². The Hall–Kier alpha value is -1.06. The second-order valence-electron chi connectivity index (χ2n) is 5.20. The Kier molecular flexibility index (Phi) is 7.63. The van der Waals surface area contributed by atoms with Gasteiger partial charge in [-0.1, -0.05) is 39.0 Å². The standard InChI is InChI=1S/C17H30N2O/c1-5-14(6-2)19(12-13-20)17-11-9-8-10-15(17)16(7-3)18-4/h8-11,14,16,18,20H,5-7,12-13H2,1-4H3. The summed E-state index contributed by atoms with van der Waals surface area (Å²) in [5, 5.41) is 12.8. The van der Waals surface area contributed by atoms with Gasteiger partial charge in [0.25, 0.3) is 0 Å². The highest BCUT2D eigenvalue weighted by Gasteiger charge is 2.20. The lowest BCUT2D eigenvalue weighted by Gasteiger charge is -2.35. The molecule has 0 aromatic heterocycles. The molecular weight excluding hydrogens is 248 g/mol. The van der Waals surface area contributed by atoms with Gasteiger partial charge >= 0.3 is 0 Å². The normalized spacial score (nSPS) is 12.7. The second kappa shape index (κ2) is 8.98. The average molecular weight is 278 g/mol. The van der Waals surface area contributed by atoms with E-state index in [2.05, 4.69) is 55.3 Å². The van der Waals surface area contributed by atoms with Gasteiger partial charge in [-0.2, -0.15) is 0 Å². The van der Waals surface area contributed by atoms with Crippen LogP contribution in [0.25, 0.3) is 0 Å². The number of benzene rings is 1. The first-order chi connectivity index (χ1) is 9.73. The lowest BCUT2D eigenvalue weighted by molar-refractivity contribution is 0.295. The van der Waals surface area contributed by atoms with Crippen LogP contribution >= 0.6 is 0 Å². The number of para-hydroxylation sites is 1. The van der Waals surface area contributed by atoms with E-state index in [4.69, 9.17) is 0 Å². The molecule has 3 nitrogen and oxygen atoms in total. The molecule has 1 aromatic rings. The molecular formula is C17H30N2O. The molecule has 0 saturated heterocycles. The van der Waals surface area contributed by atoms with E-state index in [1.54, 1.807) is 0 Å². The molecule has 0 radical (unpaired) electrons. The molecule has 0 heterocycles. The minimum Gasteiger partial charge on any atom is -0.395 e. The minimum absolute atomic E-state index is 0.196. The fourth-order valence-corrected chi connectivity index (χ4v) is 2.96. The van der Waals surface area contributed by atoms with Gasteiger partial charge in [0.15, 0.2) is 0 Å². The zero-order valence-corrected chi connectivity index (χ0v) is 13.4. The highest BCUT2D eigenvalue weighted by molar-refractivity contribution is 5.56. The summed E-state index contributed by atoms with van der Waals surface area (Å²) in [6.45, 7) is 7.53. The first-order valence-corrected chi connectivity index (χ1v) is 7.87. The number of aliphatic hydroxyl groups excluding tert-OH is 1. The van der Waals surface area contributed by atoms with Gasteiger partial charge in [-0.25, -0.2) is 0 Å². The van der Waals surface area contributed by atoms with Gasteiger partial charge in [0.05, 0.1) is 6.61 Å². The fourth-order valence-electron chi connectivity index (χ4n) is 2.96. The largest absolute Gasteiger partial charge is 0.395 e. The Morgan fingerprint density at radius 3 is 2.25 bits per heavy atom. The summed E-state index contributed by atoms with van der Waals surface area (Å²) in [4.78, 5) is 2.37. The molecule has 0 fully saturated rings. The van der Waals surface area contributed by atoms with Crippen LogP contribution in [0.5, 0.6) is 0 Å². The van der Waals surface area contributed by atoms with Gasteiger partial charge in [0.1, 0.15) is 0 Å². The molecule has 1 rings (SSSR count). The molecule has 1 atom stereocenters. The van der Waals surface area contributed by atoms with Crippen molar-refractivity contribution in [3.8, 4) is 0 Å². The van der Waals surface area contributed by atoms with Gasteiger partial charge in [-0.05, 0) is 37.9 Å². The number of anilines is 1. The Bertz CT molecular complexity index is 373. The molecule has 0 amide bonds. The third-order valence-corrected chi connectivity index (χ3v) is 4.10. The van der Waals surface area contributed by atoms with Crippen molar-refractivity contribution < 1.29 is 5.11 Å². The van der Waals surface area contributed by atoms with E-state index in [1.807, 2.05) is 7.05 Å². The Morgan fingerprint density at radius 2 is 1.75 bits per heavy atom. The average Bonchev–Trinajstić information content (AvgIpc) is 2.49. The van der Waals surface area contributed by atoms with Crippen LogP contribution in [-0.2, 0) is 0 Å². The summed E-state index contributed by atoms with van der Waals surface area (Å²) in [5.74, 6) is 0. The van der Waals surface area contributed by atoms with Crippen LogP contribution in [0.4, 0.5) is 5.69 Å². The second-order valence-corrected chi connectivity index (χ2v) is 5.20. The summed E-state index contributed by atoms with van der Waals surface area (Å²) in [6, 6.07) is 9.42. The summed E-state index contributed by atoms with van der Waals surface area (Å²) in [7, 11) is 2.01. The van der Waals surface area contributed by atoms with E-state index in [0.29, 0.717) is 18.6 Å². The lowest BCUT2D eigenvalue weighted by Crippen LogP contribution is -2.38. The van der Waals surface area contributed by atoms with Gasteiger partial charge in [0.2, 0.25) is 0 Å². The monoisotopic (exact) mass is 278 g/mol. The highest BCUT2D eigenvalue weighted by Crippen LogP contribution is 2.30. The topological polar surface area (TPSA) is 35.5 Å². The van der Waals surface area contributed by atoms with Crippen LogP contribution in [0.15, 0.2) is 24.3 Å². The van der Waals surface area contributed by atoms with Crippen molar-refractivity contribution in [2.24, 2.45) is 0 Å². The molecule has 0 saturated carbocycles. The number of aliphatic hydroxyl groups is 1. The maximum Gasteiger partial charge on any atom is 0.0606 e. The first-order valence-electron chi connectivity index (χ1n) is 7.87. The summed E-state index contributed by atoms with van der Waals surface area (Å²) >= 11 is 0. The van der Waals surface area contributed by atoms with Crippen molar-refractivity contribution >= 4 is 5.69 Å².